The van der Waals surface area contributed by atoms with Crippen LogP contribution in [0.25, 0.3) is 0 Å². The van der Waals surface area contributed by atoms with Crippen molar-refractivity contribution in [3.05, 3.63) is 27.4 Å². The molecule has 3 unspecified atom stereocenters. The highest BCUT2D eigenvalue weighted by molar-refractivity contribution is 5.98. The molecular formula is C19H28N2O5. The third-order valence-corrected chi connectivity index (χ3v) is 5.12. The smallest absolute Gasteiger partial charge is 0.336 e. The molecule has 0 amide bonds. The molecule has 0 radical (unpaired) electrons. The summed E-state index contributed by atoms with van der Waals surface area (Å²) >= 11 is 0. The van der Waals surface area contributed by atoms with Gasteiger partial charge in [0.05, 0.1) is 30.4 Å². The Morgan fingerprint density at radius 2 is 1.65 bits per heavy atom. The predicted molar refractivity (Wildman–Crippen MR) is 96.8 cm³/mol. The van der Waals surface area contributed by atoms with Crippen LogP contribution in [0.5, 0.6) is 0 Å². The molecule has 0 aromatic rings. The van der Waals surface area contributed by atoms with Gasteiger partial charge in [-0.3, -0.25) is 0 Å². The molecule has 144 valence electrons. The van der Waals surface area contributed by atoms with Crippen LogP contribution in [0.15, 0.2) is 27.7 Å². The van der Waals surface area contributed by atoms with Crippen LogP contribution in [0.2, 0.25) is 0 Å². The van der Waals surface area contributed by atoms with Crippen molar-refractivity contribution in [2.45, 2.75) is 65.5 Å². The van der Waals surface area contributed by atoms with Crippen LogP contribution in [-0.2, 0) is 19.1 Å². The number of carbonyl (C=O) groups excluding carboxylic acids is 2. The van der Waals surface area contributed by atoms with Gasteiger partial charge in [0, 0.05) is 17.3 Å². The predicted octanol–water partition coefficient (Wildman–Crippen LogP) is 3.20. The Morgan fingerprint density at radius 1 is 1.08 bits per heavy atom. The van der Waals surface area contributed by atoms with Crippen LogP contribution in [0, 0.1) is 16.7 Å². The maximum Gasteiger partial charge on any atom is 0.336 e. The molecule has 0 spiro atoms. The van der Waals surface area contributed by atoms with Crippen molar-refractivity contribution in [1.82, 2.24) is 5.32 Å². The Labute approximate surface area is 154 Å². The van der Waals surface area contributed by atoms with E-state index >= 15 is 0 Å². The first-order valence-electron chi connectivity index (χ1n) is 9.12. The Kier molecular flexibility index (Phi) is 6.56. The quantitative estimate of drug-likeness (QED) is 0.595. The lowest BCUT2D eigenvalue weighted by atomic mass is 9.69. The summed E-state index contributed by atoms with van der Waals surface area (Å²) in [5, 5.41) is 6.41. The average molecular weight is 364 g/mol. The van der Waals surface area contributed by atoms with Crippen molar-refractivity contribution < 1.29 is 19.1 Å². The van der Waals surface area contributed by atoms with E-state index in [0.29, 0.717) is 29.0 Å². The fraction of sp³-hybridized carbons (Fsp3) is 0.684. The van der Waals surface area contributed by atoms with Crippen LogP contribution in [0.4, 0.5) is 0 Å². The minimum atomic E-state index is -0.557. The summed E-state index contributed by atoms with van der Waals surface area (Å²) in [4.78, 5) is 36.8. The number of rotatable bonds is 5. The normalized spacial score (nSPS) is 26.5. The number of hydrogen-bond donors (Lipinski definition) is 1. The highest BCUT2D eigenvalue weighted by Gasteiger charge is 2.45. The largest absolute Gasteiger partial charge is 0.466 e. The fourth-order valence-corrected chi connectivity index (χ4v) is 4.06. The molecule has 1 N–H and O–H groups in total. The minimum absolute atomic E-state index is 0.225. The molecule has 0 aromatic heterocycles. The maximum absolute atomic E-state index is 12.8. The molecule has 26 heavy (non-hydrogen) atoms. The molecular weight excluding hydrogens is 336 g/mol. The summed E-state index contributed by atoms with van der Waals surface area (Å²) in [5.74, 6) is -1.76. The van der Waals surface area contributed by atoms with Crippen LogP contribution < -0.4 is 5.32 Å². The van der Waals surface area contributed by atoms with Gasteiger partial charge < -0.3 is 14.8 Å². The molecule has 1 saturated carbocycles. The molecule has 0 saturated heterocycles. The van der Waals surface area contributed by atoms with Crippen molar-refractivity contribution in [1.29, 1.82) is 0 Å². The molecule has 1 aliphatic carbocycles. The van der Waals surface area contributed by atoms with Crippen molar-refractivity contribution in [2.24, 2.45) is 17.0 Å². The van der Waals surface area contributed by atoms with Crippen LogP contribution in [0.1, 0.15) is 53.4 Å². The first kappa shape index (κ1) is 20.1. The zero-order valence-electron chi connectivity index (χ0n) is 16.1. The van der Waals surface area contributed by atoms with Gasteiger partial charge in [-0.15, -0.1) is 0 Å². The third-order valence-electron chi connectivity index (χ3n) is 5.12. The van der Waals surface area contributed by atoms with E-state index in [1.54, 1.807) is 27.7 Å². The van der Waals surface area contributed by atoms with E-state index in [2.05, 4.69) is 10.5 Å². The highest BCUT2D eigenvalue weighted by Crippen LogP contribution is 2.43. The standard InChI is InChI=1S/C19H28N2O5/c1-10(2)26-19(23)16-12(4)20-11(3)15(18(22)25-5)17(16)13-8-6-7-9-14(13)21-24/h10,13-14,17,20H,6-9H2,1-5H3. The average Bonchev–Trinajstić information content (AvgIpc) is 2.59. The number of nitrogens with one attached hydrogen (secondary N) is 1. The molecule has 0 bridgehead atoms. The highest BCUT2D eigenvalue weighted by atomic mass is 16.5. The van der Waals surface area contributed by atoms with E-state index in [9.17, 15) is 14.5 Å². The molecule has 3 atom stereocenters. The van der Waals surface area contributed by atoms with Crippen molar-refractivity contribution >= 4 is 11.9 Å². The van der Waals surface area contributed by atoms with Crippen molar-refractivity contribution in [2.75, 3.05) is 7.11 Å². The Bertz CT molecular complexity index is 650. The van der Waals surface area contributed by atoms with Crippen LogP contribution in [0.3, 0.4) is 0 Å². The number of ether oxygens (including phenoxy) is 2. The SMILES string of the molecule is COC(=O)C1=C(C)NC(C)=C(C(=O)OC(C)C)C1C1CCCCC1N=O. The second-order valence-corrected chi connectivity index (χ2v) is 7.25. The van der Waals surface area contributed by atoms with Gasteiger partial charge in [-0.2, -0.15) is 4.91 Å². The molecule has 7 nitrogen and oxygen atoms in total. The lowest BCUT2D eigenvalue weighted by Gasteiger charge is -2.38. The first-order chi connectivity index (χ1) is 12.3. The lowest BCUT2D eigenvalue weighted by molar-refractivity contribution is -0.143. The van der Waals surface area contributed by atoms with Crippen molar-refractivity contribution in [3.8, 4) is 0 Å². The van der Waals surface area contributed by atoms with Crippen LogP contribution >= 0.6 is 0 Å². The summed E-state index contributed by atoms with van der Waals surface area (Å²) in [5.41, 5.74) is 2.05. The number of allylic oxidation sites excluding steroid dienone is 2. The molecule has 2 aliphatic rings. The van der Waals surface area contributed by atoms with E-state index in [-0.39, 0.29) is 12.0 Å². The molecule has 7 heteroatoms. The Balaban J connectivity index is 2.56. The molecule has 1 fully saturated rings. The van der Waals surface area contributed by atoms with Gasteiger partial charge in [-0.25, -0.2) is 9.59 Å². The third kappa shape index (κ3) is 3.97. The number of dihydropyridines is 1. The molecule has 1 heterocycles. The van der Waals surface area contributed by atoms with Crippen molar-refractivity contribution in [3.63, 3.8) is 0 Å². The first-order valence-corrected chi connectivity index (χ1v) is 9.12. The summed E-state index contributed by atoms with van der Waals surface area (Å²) in [6, 6.07) is -0.436. The van der Waals surface area contributed by atoms with E-state index in [4.69, 9.17) is 9.47 Å². The van der Waals surface area contributed by atoms with Crippen LogP contribution in [-0.4, -0.2) is 31.2 Å². The maximum atomic E-state index is 12.8. The Hall–Kier alpha value is -2.18. The summed E-state index contributed by atoms with van der Waals surface area (Å²) < 4.78 is 10.4. The molecule has 0 aromatic carbocycles. The second-order valence-electron chi connectivity index (χ2n) is 7.25. The number of carbonyl (C=O) groups is 2. The van der Waals surface area contributed by atoms with Gasteiger partial charge in [-0.1, -0.05) is 18.0 Å². The fourth-order valence-electron chi connectivity index (χ4n) is 4.06. The van der Waals surface area contributed by atoms with E-state index in [1.165, 1.54) is 7.11 Å². The second kappa shape index (κ2) is 8.47. The number of nitrogens with zero attached hydrogens (tertiary/aromatic N) is 1. The number of methoxy groups -OCH3 is 1. The summed E-state index contributed by atoms with van der Waals surface area (Å²) in [6.45, 7) is 7.11. The number of esters is 2. The zero-order chi connectivity index (χ0) is 19.4. The van der Waals surface area contributed by atoms with Gasteiger partial charge >= 0.3 is 11.9 Å². The monoisotopic (exact) mass is 364 g/mol. The minimum Gasteiger partial charge on any atom is -0.466 e. The topological polar surface area (TPSA) is 94.1 Å². The number of hydrogen-bond acceptors (Lipinski definition) is 7. The van der Waals surface area contributed by atoms with Gasteiger partial charge in [-0.05, 0) is 46.5 Å². The van der Waals surface area contributed by atoms with Gasteiger partial charge in [0.1, 0.15) is 0 Å². The molecule has 1 aliphatic heterocycles. The van der Waals surface area contributed by atoms with Gasteiger partial charge in [0.15, 0.2) is 0 Å². The Morgan fingerprint density at radius 3 is 2.19 bits per heavy atom. The van der Waals surface area contributed by atoms with E-state index < -0.39 is 23.9 Å². The van der Waals surface area contributed by atoms with Gasteiger partial charge in [0.2, 0.25) is 0 Å². The summed E-state index contributed by atoms with van der Waals surface area (Å²) in [7, 11) is 1.31. The van der Waals surface area contributed by atoms with Gasteiger partial charge in [0.25, 0.3) is 0 Å². The number of nitroso groups, excluding NO2 is 1. The van der Waals surface area contributed by atoms with E-state index in [0.717, 1.165) is 19.3 Å². The van der Waals surface area contributed by atoms with E-state index in [1.807, 2.05) is 0 Å². The zero-order valence-corrected chi connectivity index (χ0v) is 16.1. The molecule has 2 rings (SSSR count). The lowest BCUT2D eigenvalue weighted by Crippen LogP contribution is -2.41. The summed E-state index contributed by atoms with van der Waals surface area (Å²) in [6.07, 6.45) is 2.95.